The van der Waals surface area contributed by atoms with Gasteiger partial charge < -0.3 is 0 Å². The predicted octanol–water partition coefficient (Wildman–Crippen LogP) is 4.06. The number of sulfonamides is 1. The lowest BCUT2D eigenvalue weighted by Gasteiger charge is -2.28. The van der Waals surface area contributed by atoms with Crippen LogP contribution in [0.2, 0.25) is 0 Å². The first-order valence-corrected chi connectivity index (χ1v) is 12.3. The third-order valence-corrected chi connectivity index (χ3v) is 7.61. The molecule has 0 bridgehead atoms. The van der Waals surface area contributed by atoms with E-state index in [9.17, 15) is 13.3 Å². The molecule has 0 amide bonds. The lowest BCUT2D eigenvalue weighted by Crippen LogP contribution is -2.32. The van der Waals surface area contributed by atoms with Crippen LogP contribution in [0.15, 0.2) is 59.5 Å². The molecule has 2 N–H and O–H groups in total. The number of nitrogens with one attached hydrogen (secondary N) is 1. The number of benzene rings is 3. The van der Waals surface area contributed by atoms with Gasteiger partial charge in [-0.3, -0.25) is 4.90 Å². The second-order valence-electron chi connectivity index (χ2n) is 8.28. The topological polar surface area (TPSA) is 89.7 Å². The van der Waals surface area contributed by atoms with E-state index in [1.807, 2.05) is 43.3 Å². The summed E-state index contributed by atoms with van der Waals surface area (Å²) in [7, 11) is -3.58. The zero-order valence-corrected chi connectivity index (χ0v) is 18.9. The van der Waals surface area contributed by atoms with Crippen molar-refractivity contribution in [3.05, 3.63) is 76.2 Å². The summed E-state index contributed by atoms with van der Waals surface area (Å²) in [6, 6.07) is 16.3. The molecule has 1 heterocycles. The molecular weight excluding hydrogens is 426 g/mol. The van der Waals surface area contributed by atoms with E-state index in [4.69, 9.17) is 5.21 Å². The number of nitrogens with zero attached hydrogens (tertiary/aromatic N) is 2. The minimum atomic E-state index is -3.58. The first-order chi connectivity index (χ1) is 15.3. The van der Waals surface area contributed by atoms with Gasteiger partial charge >= 0.3 is 5.69 Å². The Balaban J connectivity index is 1.30. The van der Waals surface area contributed by atoms with Gasteiger partial charge in [-0.1, -0.05) is 36.4 Å². The monoisotopic (exact) mass is 454 g/mol. The second-order valence-corrected chi connectivity index (χ2v) is 10.0. The summed E-state index contributed by atoms with van der Waals surface area (Å²) in [4.78, 5) is 13.6. The summed E-state index contributed by atoms with van der Waals surface area (Å²) < 4.78 is 28.5. The zero-order chi connectivity index (χ0) is 22.7. The van der Waals surface area contributed by atoms with Gasteiger partial charge in [0.25, 0.3) is 4.92 Å². The maximum atomic E-state index is 12.9. The van der Waals surface area contributed by atoms with Crippen LogP contribution in [0.4, 0.5) is 5.69 Å². The van der Waals surface area contributed by atoms with Gasteiger partial charge in [0.2, 0.25) is 10.0 Å². The molecule has 0 spiro atoms. The molecule has 0 atom stereocenters. The van der Waals surface area contributed by atoms with E-state index in [1.54, 1.807) is 18.2 Å². The molecule has 3 aromatic carbocycles. The van der Waals surface area contributed by atoms with Gasteiger partial charge in [0.15, 0.2) is 0 Å². The van der Waals surface area contributed by atoms with Crippen molar-refractivity contribution >= 4 is 26.5 Å². The summed E-state index contributed by atoms with van der Waals surface area (Å²) >= 11 is 0. The Kier molecular flexibility index (Phi) is 6.55. The van der Waals surface area contributed by atoms with Crippen LogP contribution in [0.25, 0.3) is 10.8 Å². The quantitative estimate of drug-likeness (QED) is 0.396. The molecule has 0 aromatic heterocycles. The van der Waals surface area contributed by atoms with Gasteiger partial charge in [0.1, 0.15) is 0 Å². The van der Waals surface area contributed by atoms with Gasteiger partial charge in [0.05, 0.1) is 9.80 Å². The van der Waals surface area contributed by atoms with Crippen LogP contribution in [0.3, 0.4) is 0 Å². The van der Waals surface area contributed by atoms with Gasteiger partial charge in [-0.15, -0.1) is 0 Å². The zero-order valence-electron chi connectivity index (χ0n) is 18.1. The Morgan fingerprint density at radius 3 is 2.59 bits per heavy atom. The average molecular weight is 455 g/mol. The first-order valence-electron chi connectivity index (χ1n) is 10.8. The first kappa shape index (κ1) is 22.4. The highest BCUT2D eigenvalue weighted by Gasteiger charge is 2.21. The van der Waals surface area contributed by atoms with Crippen LogP contribution >= 0.6 is 0 Å². The predicted molar refractivity (Wildman–Crippen MR) is 124 cm³/mol. The summed E-state index contributed by atoms with van der Waals surface area (Å²) in [6.45, 7) is 4.85. The van der Waals surface area contributed by atoms with Crippen LogP contribution in [0.5, 0.6) is 0 Å². The van der Waals surface area contributed by atoms with E-state index in [0.29, 0.717) is 11.4 Å². The molecule has 0 fully saturated rings. The van der Waals surface area contributed by atoms with Crippen LogP contribution < -0.4 is 4.72 Å². The smallest absolute Gasteiger partial charge is 0.299 e. The van der Waals surface area contributed by atoms with E-state index >= 15 is 0 Å². The fourth-order valence-corrected chi connectivity index (χ4v) is 5.60. The van der Waals surface area contributed by atoms with Crippen molar-refractivity contribution in [2.45, 2.75) is 37.6 Å². The lowest BCUT2D eigenvalue weighted by atomic mass is 9.99. The molecule has 0 saturated carbocycles. The van der Waals surface area contributed by atoms with Crippen molar-refractivity contribution in [1.82, 2.24) is 9.62 Å². The highest BCUT2D eigenvalue weighted by Crippen LogP contribution is 2.26. The summed E-state index contributed by atoms with van der Waals surface area (Å²) in [5, 5.41) is 10.8. The normalized spacial score (nSPS) is 14.4. The minimum absolute atomic E-state index is 0.109. The van der Waals surface area contributed by atoms with Crippen molar-refractivity contribution in [3.63, 3.8) is 0 Å². The van der Waals surface area contributed by atoms with E-state index in [1.165, 1.54) is 5.56 Å². The van der Waals surface area contributed by atoms with E-state index in [2.05, 4.69) is 9.62 Å². The number of hydrogen-bond acceptors (Lipinski definition) is 4. The third kappa shape index (κ3) is 4.82. The average Bonchev–Trinajstić information content (AvgIpc) is 2.78. The van der Waals surface area contributed by atoms with E-state index in [0.717, 1.165) is 60.8 Å². The molecule has 4 rings (SSSR count). The minimum Gasteiger partial charge on any atom is -0.299 e. The molecule has 0 unspecified atom stereocenters. The fraction of sp³-hybridized carbons (Fsp3) is 0.333. The molecule has 32 heavy (non-hydrogen) atoms. The largest absolute Gasteiger partial charge is 0.316 e. The standard InChI is InChI=1S/C24H28N3O4S/c1-18-8-11-24(23-7-3-2-6-22(18)23)32(30,31)25-13-4-5-14-26-15-12-19-9-10-21(27(28)29)16-20(19)17-26/h2-3,6-11,16,25H,4-5,12-15,17H2,1H3,(H,28,29)/q+1. The van der Waals surface area contributed by atoms with Crippen LogP contribution in [-0.2, 0) is 23.0 Å². The SMILES string of the molecule is Cc1ccc(S(=O)(=O)NCCCCN2CCc3ccc([N+](=O)O)cc3C2)c2ccccc12. The molecular formula is C24H28N3O4S+. The van der Waals surface area contributed by atoms with Crippen LogP contribution in [0, 0.1) is 11.8 Å². The maximum Gasteiger partial charge on any atom is 0.316 e. The maximum absolute atomic E-state index is 12.9. The second kappa shape index (κ2) is 9.36. The number of aryl methyl sites for hydroxylation is 1. The van der Waals surface area contributed by atoms with E-state index in [-0.39, 0.29) is 10.6 Å². The van der Waals surface area contributed by atoms with Crippen molar-refractivity contribution in [1.29, 1.82) is 0 Å². The fourth-order valence-electron chi connectivity index (χ4n) is 4.31. The van der Waals surface area contributed by atoms with Crippen molar-refractivity contribution in [2.24, 2.45) is 0 Å². The Bertz CT molecular complexity index is 1260. The number of unbranched alkanes of at least 4 members (excludes halogenated alkanes) is 1. The van der Waals surface area contributed by atoms with Gasteiger partial charge in [-0.05, 0) is 60.9 Å². The number of rotatable bonds is 8. The summed E-state index contributed by atoms with van der Waals surface area (Å²) in [6.07, 6.45) is 2.49. The van der Waals surface area contributed by atoms with Gasteiger partial charge in [-0.25, -0.2) is 18.3 Å². The Morgan fingerprint density at radius 1 is 1.03 bits per heavy atom. The van der Waals surface area contributed by atoms with Crippen LogP contribution in [-0.4, -0.2) is 43.1 Å². The summed E-state index contributed by atoms with van der Waals surface area (Å²) in [5.41, 5.74) is 3.54. The molecule has 8 heteroatoms. The molecule has 0 radical (unpaired) electrons. The van der Waals surface area contributed by atoms with E-state index < -0.39 is 10.0 Å². The molecule has 3 aromatic rings. The Morgan fingerprint density at radius 2 is 1.81 bits per heavy atom. The molecule has 7 nitrogen and oxygen atoms in total. The van der Waals surface area contributed by atoms with Gasteiger partial charge in [0, 0.05) is 37.2 Å². The lowest BCUT2D eigenvalue weighted by molar-refractivity contribution is -0.729. The highest BCUT2D eigenvalue weighted by atomic mass is 32.2. The van der Waals surface area contributed by atoms with Gasteiger partial charge in [-0.2, -0.15) is 0 Å². The molecule has 1 aliphatic rings. The van der Waals surface area contributed by atoms with Crippen LogP contribution in [0.1, 0.15) is 29.5 Å². The number of hydrogen-bond donors (Lipinski definition) is 2. The van der Waals surface area contributed by atoms with Crippen molar-refractivity contribution < 1.29 is 18.5 Å². The molecule has 1 aliphatic heterocycles. The number of fused-ring (bicyclic) bond motifs is 2. The highest BCUT2D eigenvalue weighted by molar-refractivity contribution is 7.89. The molecule has 0 aliphatic carbocycles. The molecule has 0 saturated heterocycles. The van der Waals surface area contributed by atoms with Crippen molar-refractivity contribution in [2.75, 3.05) is 19.6 Å². The van der Waals surface area contributed by atoms with Crippen molar-refractivity contribution in [3.8, 4) is 0 Å². The summed E-state index contributed by atoms with van der Waals surface area (Å²) in [5.74, 6) is 0. The third-order valence-electron chi connectivity index (χ3n) is 6.09. The Hall–Kier alpha value is -2.81. The molecule has 168 valence electrons. The Labute approximate surface area is 188 Å².